The van der Waals surface area contributed by atoms with Gasteiger partial charge in [0.2, 0.25) is 5.91 Å². The average molecular weight is 319 g/mol. The first-order valence-corrected chi connectivity index (χ1v) is 8.22. The van der Waals surface area contributed by atoms with E-state index in [1.165, 1.54) is 5.56 Å². The quantitative estimate of drug-likeness (QED) is 0.722. The minimum absolute atomic E-state index is 0.0228. The Morgan fingerprint density at radius 3 is 2.00 bits per heavy atom. The standard InChI is InChI=1S/C18H29N3O2/c1-6-12(4)14-7-9-15(10-8-14)16(11(2)3)20-13(5)17(22)21-18(19)23/h7-13,16,20H,6H2,1-5H3,(H3,19,21,22,23)/t12-,13+,16+/m0/s1. The van der Waals surface area contributed by atoms with Gasteiger partial charge in [-0.05, 0) is 36.3 Å². The Labute approximate surface area is 139 Å². The van der Waals surface area contributed by atoms with Gasteiger partial charge >= 0.3 is 6.03 Å². The summed E-state index contributed by atoms with van der Waals surface area (Å²) in [6, 6.07) is 7.19. The zero-order valence-corrected chi connectivity index (χ0v) is 14.7. The van der Waals surface area contributed by atoms with Crippen LogP contribution >= 0.6 is 0 Å². The highest BCUT2D eigenvalue weighted by Crippen LogP contribution is 2.25. The molecule has 0 fully saturated rings. The third kappa shape index (κ3) is 5.67. The summed E-state index contributed by atoms with van der Waals surface area (Å²) < 4.78 is 0. The summed E-state index contributed by atoms with van der Waals surface area (Å²) in [5, 5.41) is 5.39. The van der Waals surface area contributed by atoms with Crippen molar-refractivity contribution in [1.29, 1.82) is 0 Å². The molecule has 0 spiro atoms. The first kappa shape index (κ1) is 19.2. The molecular formula is C18H29N3O2. The summed E-state index contributed by atoms with van der Waals surface area (Å²) in [5.74, 6) is 0.419. The number of hydrogen-bond acceptors (Lipinski definition) is 3. The Balaban J connectivity index is 2.86. The number of primary amides is 1. The smallest absolute Gasteiger partial charge is 0.318 e. The lowest BCUT2D eigenvalue weighted by molar-refractivity contribution is -0.121. The van der Waals surface area contributed by atoms with E-state index in [4.69, 9.17) is 5.73 Å². The molecule has 0 saturated heterocycles. The highest BCUT2D eigenvalue weighted by atomic mass is 16.2. The second-order valence-corrected chi connectivity index (χ2v) is 6.44. The molecule has 5 nitrogen and oxygen atoms in total. The SMILES string of the molecule is CC[C@H](C)c1ccc([C@H](N[C@H](C)C(=O)NC(N)=O)C(C)C)cc1. The molecule has 0 heterocycles. The van der Waals surface area contributed by atoms with Gasteiger partial charge in [-0.25, -0.2) is 4.79 Å². The van der Waals surface area contributed by atoms with Gasteiger partial charge in [-0.3, -0.25) is 15.4 Å². The van der Waals surface area contributed by atoms with E-state index in [9.17, 15) is 9.59 Å². The van der Waals surface area contributed by atoms with Gasteiger partial charge in [0.15, 0.2) is 0 Å². The largest absolute Gasteiger partial charge is 0.351 e. The van der Waals surface area contributed by atoms with Crippen LogP contribution in [0.25, 0.3) is 0 Å². The van der Waals surface area contributed by atoms with Crippen LogP contribution in [0.15, 0.2) is 24.3 Å². The molecule has 0 aliphatic rings. The molecule has 0 aliphatic heterocycles. The lowest BCUT2D eigenvalue weighted by atomic mass is 9.91. The van der Waals surface area contributed by atoms with Crippen molar-refractivity contribution in [1.82, 2.24) is 10.6 Å². The van der Waals surface area contributed by atoms with Crippen molar-refractivity contribution in [2.24, 2.45) is 11.7 Å². The number of carbonyl (C=O) groups is 2. The fourth-order valence-electron chi connectivity index (χ4n) is 2.52. The second-order valence-electron chi connectivity index (χ2n) is 6.44. The van der Waals surface area contributed by atoms with Gasteiger partial charge in [0.25, 0.3) is 0 Å². The van der Waals surface area contributed by atoms with Crippen LogP contribution in [0.5, 0.6) is 0 Å². The van der Waals surface area contributed by atoms with Crippen LogP contribution in [-0.2, 0) is 4.79 Å². The molecule has 3 amide bonds. The molecule has 128 valence electrons. The van der Waals surface area contributed by atoms with Crippen LogP contribution in [0.1, 0.15) is 64.1 Å². The van der Waals surface area contributed by atoms with Gasteiger partial charge in [-0.15, -0.1) is 0 Å². The summed E-state index contributed by atoms with van der Waals surface area (Å²) in [6.07, 6.45) is 1.11. The Morgan fingerprint density at radius 2 is 1.57 bits per heavy atom. The molecule has 0 radical (unpaired) electrons. The monoisotopic (exact) mass is 319 g/mol. The molecule has 5 heteroatoms. The van der Waals surface area contributed by atoms with Gasteiger partial charge in [0.05, 0.1) is 6.04 Å². The van der Waals surface area contributed by atoms with Crippen molar-refractivity contribution < 1.29 is 9.59 Å². The van der Waals surface area contributed by atoms with E-state index in [1.54, 1.807) is 6.92 Å². The summed E-state index contributed by atoms with van der Waals surface area (Å²) in [6.45, 7) is 10.3. The second kappa shape index (κ2) is 8.67. The maximum Gasteiger partial charge on any atom is 0.318 e. The molecule has 4 N–H and O–H groups in total. The first-order valence-electron chi connectivity index (χ1n) is 8.22. The van der Waals surface area contributed by atoms with Crippen molar-refractivity contribution >= 4 is 11.9 Å². The fourth-order valence-corrected chi connectivity index (χ4v) is 2.52. The minimum atomic E-state index is -0.831. The molecule has 0 aliphatic carbocycles. The van der Waals surface area contributed by atoms with Crippen molar-refractivity contribution in [2.45, 2.75) is 59.0 Å². The van der Waals surface area contributed by atoms with Crippen LogP contribution in [0.3, 0.4) is 0 Å². The van der Waals surface area contributed by atoms with Crippen LogP contribution in [0, 0.1) is 5.92 Å². The van der Waals surface area contributed by atoms with Gasteiger partial charge in [-0.1, -0.05) is 52.0 Å². The predicted molar refractivity (Wildman–Crippen MR) is 93.1 cm³/mol. The van der Waals surface area contributed by atoms with Crippen molar-refractivity contribution in [3.8, 4) is 0 Å². The van der Waals surface area contributed by atoms with Crippen LogP contribution < -0.4 is 16.4 Å². The topological polar surface area (TPSA) is 84.2 Å². The van der Waals surface area contributed by atoms with Crippen LogP contribution in [0.4, 0.5) is 4.79 Å². The molecule has 3 atom stereocenters. The van der Waals surface area contributed by atoms with E-state index in [-0.39, 0.29) is 6.04 Å². The zero-order chi connectivity index (χ0) is 17.6. The molecule has 1 rings (SSSR count). The van der Waals surface area contributed by atoms with Crippen LogP contribution in [0.2, 0.25) is 0 Å². The number of nitrogens with two attached hydrogens (primary N) is 1. The van der Waals surface area contributed by atoms with Crippen molar-refractivity contribution in [3.05, 3.63) is 35.4 Å². The number of amides is 3. The summed E-state index contributed by atoms with van der Waals surface area (Å²) in [7, 11) is 0. The fraction of sp³-hybridized carbons (Fsp3) is 0.556. The molecule has 0 bridgehead atoms. The number of rotatable bonds is 7. The van der Waals surface area contributed by atoms with Crippen LogP contribution in [-0.4, -0.2) is 18.0 Å². The van der Waals surface area contributed by atoms with Crippen molar-refractivity contribution in [3.63, 3.8) is 0 Å². The lowest BCUT2D eigenvalue weighted by Crippen LogP contribution is -2.48. The van der Waals surface area contributed by atoms with E-state index >= 15 is 0 Å². The highest BCUT2D eigenvalue weighted by Gasteiger charge is 2.22. The number of carbonyl (C=O) groups excluding carboxylic acids is 2. The molecule has 23 heavy (non-hydrogen) atoms. The van der Waals surface area contributed by atoms with Gasteiger partial charge in [0, 0.05) is 6.04 Å². The molecule has 1 aromatic rings. The lowest BCUT2D eigenvalue weighted by Gasteiger charge is -2.26. The minimum Gasteiger partial charge on any atom is -0.351 e. The third-order valence-electron chi connectivity index (χ3n) is 4.21. The Kier molecular flexibility index (Phi) is 7.23. The highest BCUT2D eigenvalue weighted by molar-refractivity contribution is 5.96. The van der Waals surface area contributed by atoms with Gasteiger partial charge in [0.1, 0.15) is 0 Å². The number of urea groups is 1. The third-order valence-corrected chi connectivity index (χ3v) is 4.21. The van der Waals surface area contributed by atoms with E-state index in [0.717, 1.165) is 12.0 Å². The Bertz CT molecular complexity index is 526. The summed E-state index contributed by atoms with van der Waals surface area (Å²) in [4.78, 5) is 22.6. The summed E-state index contributed by atoms with van der Waals surface area (Å²) in [5.41, 5.74) is 7.44. The number of nitrogens with one attached hydrogen (secondary N) is 2. The molecule has 0 unspecified atom stereocenters. The Hall–Kier alpha value is -1.88. The molecule has 0 saturated carbocycles. The average Bonchev–Trinajstić information content (AvgIpc) is 2.50. The predicted octanol–water partition coefficient (Wildman–Crippen LogP) is 3.07. The van der Waals surface area contributed by atoms with Gasteiger partial charge < -0.3 is 5.73 Å². The molecule has 0 aromatic heterocycles. The molecular weight excluding hydrogens is 290 g/mol. The maximum absolute atomic E-state index is 11.9. The normalized spacial score (nSPS) is 15.0. The number of imide groups is 1. The van der Waals surface area contributed by atoms with E-state index in [2.05, 4.69) is 62.6 Å². The van der Waals surface area contributed by atoms with E-state index < -0.39 is 18.0 Å². The maximum atomic E-state index is 11.9. The van der Waals surface area contributed by atoms with E-state index in [0.29, 0.717) is 11.8 Å². The first-order chi connectivity index (χ1) is 10.8. The van der Waals surface area contributed by atoms with E-state index in [1.807, 2.05) is 0 Å². The van der Waals surface area contributed by atoms with Crippen molar-refractivity contribution in [2.75, 3.05) is 0 Å². The Morgan fingerprint density at radius 1 is 1.04 bits per heavy atom. The number of benzene rings is 1. The molecule has 1 aromatic carbocycles. The number of hydrogen-bond donors (Lipinski definition) is 3. The van der Waals surface area contributed by atoms with Gasteiger partial charge in [-0.2, -0.15) is 0 Å². The summed E-state index contributed by atoms with van der Waals surface area (Å²) >= 11 is 0. The zero-order valence-electron chi connectivity index (χ0n) is 14.7.